The van der Waals surface area contributed by atoms with E-state index in [4.69, 9.17) is 0 Å². The maximum absolute atomic E-state index is 3.98. The van der Waals surface area contributed by atoms with Gasteiger partial charge in [-0.25, -0.2) is 0 Å². The number of hydrogen-bond acceptors (Lipinski definition) is 5. The first kappa shape index (κ1) is 33.0. The molecule has 50 heavy (non-hydrogen) atoms. The normalized spacial score (nSPS) is 18.3. The fraction of sp³-hybridized carbons (Fsp3) is 0.318. The van der Waals surface area contributed by atoms with Crippen molar-refractivity contribution in [3.05, 3.63) is 143 Å². The second kappa shape index (κ2) is 11.4. The van der Waals surface area contributed by atoms with Crippen molar-refractivity contribution in [1.82, 2.24) is 9.80 Å². The van der Waals surface area contributed by atoms with Crippen LogP contribution >= 0.6 is 0 Å². The summed E-state index contributed by atoms with van der Waals surface area (Å²) in [6, 6.07) is 35.2. The van der Waals surface area contributed by atoms with Crippen LogP contribution in [-0.4, -0.2) is 32.2 Å². The third-order valence-corrected chi connectivity index (χ3v) is 14.2. The molecule has 4 aromatic rings. The van der Waals surface area contributed by atoms with Crippen LogP contribution in [0.15, 0.2) is 97.6 Å². The molecule has 0 unspecified atom stereocenters. The number of fused-ring (bicyclic) bond motifs is 10. The van der Waals surface area contributed by atoms with E-state index in [2.05, 4.69) is 204 Å². The van der Waals surface area contributed by atoms with Crippen LogP contribution in [0.3, 0.4) is 0 Å². The summed E-state index contributed by atoms with van der Waals surface area (Å²) < 4.78 is 2.58. The molecule has 0 saturated heterocycles. The second-order valence-corrected chi connectivity index (χ2v) is 19.0. The Labute approximate surface area is 306 Å². The number of benzene rings is 4. The molecule has 0 fully saturated rings. The molecule has 4 bridgehead atoms. The van der Waals surface area contributed by atoms with Crippen molar-refractivity contribution in [2.75, 3.05) is 28.8 Å². The Morgan fingerprint density at radius 2 is 0.960 bits per heavy atom. The average Bonchev–Trinajstić information content (AvgIpc) is 3.62. The summed E-state index contributed by atoms with van der Waals surface area (Å²) >= 11 is -0.581. The van der Waals surface area contributed by atoms with Crippen molar-refractivity contribution in [3.63, 3.8) is 0 Å². The molecule has 1 aliphatic carbocycles. The van der Waals surface area contributed by atoms with Gasteiger partial charge in [0.25, 0.3) is 0 Å². The SMILES string of the molecule is CN1C=CN2[C]1=[Pt]=[C]1N(C)C=CN1c1[c-]c(ccc1)N(C1c3c(C(C)(C)C)cccc3C(C)(C)c3cccc(C(C)(C)C)c31)c1[c-]c2ccc1. The molecule has 4 aromatic carbocycles. The van der Waals surface area contributed by atoms with Gasteiger partial charge < -0.3 is 0 Å². The number of rotatable bonds is 1. The topological polar surface area (TPSA) is 16.2 Å². The van der Waals surface area contributed by atoms with Crippen LogP contribution in [0.5, 0.6) is 0 Å². The summed E-state index contributed by atoms with van der Waals surface area (Å²) in [5.74, 6) is 0. The molecule has 6 heteroatoms. The van der Waals surface area contributed by atoms with Gasteiger partial charge in [-0.05, 0) is 0 Å². The zero-order valence-electron chi connectivity index (χ0n) is 30.9. The van der Waals surface area contributed by atoms with E-state index in [-0.39, 0.29) is 22.3 Å². The first-order valence-electron chi connectivity index (χ1n) is 17.5. The summed E-state index contributed by atoms with van der Waals surface area (Å²) in [4.78, 5) is 11.8. The van der Waals surface area contributed by atoms with Crippen molar-refractivity contribution >= 4 is 31.0 Å². The van der Waals surface area contributed by atoms with Crippen molar-refractivity contribution in [1.29, 1.82) is 0 Å². The summed E-state index contributed by atoms with van der Waals surface area (Å²) in [7, 11) is 4.32. The molecule has 0 spiro atoms. The van der Waals surface area contributed by atoms with Gasteiger partial charge in [0.15, 0.2) is 0 Å². The minimum absolute atomic E-state index is 0.0786. The molecule has 8 rings (SSSR count). The third-order valence-electron chi connectivity index (χ3n) is 10.5. The Kier molecular flexibility index (Phi) is 7.52. The molecule has 3 aliphatic heterocycles. The molecule has 3 heterocycles. The van der Waals surface area contributed by atoms with E-state index in [9.17, 15) is 0 Å². The first-order valence-corrected chi connectivity index (χ1v) is 19.8. The van der Waals surface area contributed by atoms with E-state index in [1.54, 1.807) is 0 Å². The van der Waals surface area contributed by atoms with E-state index < -0.39 is 17.6 Å². The molecule has 0 atom stereocenters. The zero-order valence-corrected chi connectivity index (χ0v) is 33.1. The van der Waals surface area contributed by atoms with Gasteiger partial charge >= 0.3 is 308 Å². The van der Waals surface area contributed by atoms with E-state index in [1.807, 2.05) is 0 Å². The first-order chi connectivity index (χ1) is 23.7. The predicted octanol–water partition coefficient (Wildman–Crippen LogP) is 9.17. The second-order valence-electron chi connectivity index (χ2n) is 16.4. The Morgan fingerprint density at radius 3 is 1.38 bits per heavy atom. The molecule has 5 nitrogen and oxygen atoms in total. The van der Waals surface area contributed by atoms with Crippen LogP contribution in [0, 0.1) is 12.1 Å². The molecule has 0 amide bonds. The molecule has 0 N–H and O–H groups in total. The Bertz CT molecular complexity index is 2020. The van der Waals surface area contributed by atoms with Crippen LogP contribution in [-0.2, 0) is 33.9 Å². The standard InChI is InChI=1S/C44H47N5.Pt/c1-42(2,3)35-19-13-21-37-39(35)41(40-36(43(4,5)6)20-14-22-38(40)44(37,7)8)49(33-17-11-15-31(27-33)47-25-23-45(9)29-47)34-18-12-16-32(28-34)48-26-24-46(10)30-48;/h11-26,41H,1-10H3;/q-2;. The molecule has 4 aliphatic rings. The molecular weight excluding hydrogens is 794 g/mol. The van der Waals surface area contributed by atoms with E-state index in [1.165, 1.54) is 41.7 Å². The molecular formula is C44H47N5Pt-2. The molecule has 0 aromatic heterocycles. The molecule has 0 radical (unpaired) electrons. The van der Waals surface area contributed by atoms with Crippen molar-refractivity contribution in [2.24, 2.45) is 0 Å². The summed E-state index contributed by atoms with van der Waals surface area (Å²) in [6.45, 7) is 19.0. The average molecular weight is 841 g/mol. The van der Waals surface area contributed by atoms with Gasteiger partial charge in [-0.3, -0.25) is 0 Å². The summed E-state index contributed by atoms with van der Waals surface area (Å²) in [5.41, 5.74) is 12.1. The van der Waals surface area contributed by atoms with Crippen molar-refractivity contribution in [3.8, 4) is 0 Å². The van der Waals surface area contributed by atoms with Crippen molar-refractivity contribution in [2.45, 2.75) is 77.7 Å². The fourth-order valence-corrected chi connectivity index (χ4v) is 11.0. The Hall–Kier alpha value is -4.21. The number of nitrogens with zero attached hydrogens (tertiary/aromatic N) is 5. The third kappa shape index (κ3) is 5.07. The number of hydrogen-bond donors (Lipinski definition) is 0. The van der Waals surface area contributed by atoms with Crippen LogP contribution < -0.4 is 14.7 Å². The van der Waals surface area contributed by atoms with E-state index in [0.717, 1.165) is 22.7 Å². The molecule has 260 valence electrons. The van der Waals surface area contributed by atoms with Gasteiger partial charge in [-0.15, -0.1) is 0 Å². The predicted molar refractivity (Wildman–Crippen MR) is 206 cm³/mol. The fourth-order valence-electron chi connectivity index (χ4n) is 8.02. The minimum atomic E-state index is -0.581. The summed E-state index contributed by atoms with van der Waals surface area (Å²) in [6.07, 6.45) is 8.74. The number of anilines is 4. The van der Waals surface area contributed by atoms with Gasteiger partial charge in [0.05, 0.1) is 0 Å². The van der Waals surface area contributed by atoms with Gasteiger partial charge in [0, 0.05) is 0 Å². The van der Waals surface area contributed by atoms with Crippen LogP contribution in [0.2, 0.25) is 0 Å². The van der Waals surface area contributed by atoms with Crippen molar-refractivity contribution < 1.29 is 17.6 Å². The zero-order chi connectivity index (χ0) is 35.3. The van der Waals surface area contributed by atoms with E-state index >= 15 is 0 Å². The van der Waals surface area contributed by atoms with Crippen LogP contribution in [0.4, 0.5) is 22.7 Å². The van der Waals surface area contributed by atoms with E-state index in [0.29, 0.717) is 0 Å². The Morgan fingerprint density at radius 1 is 0.560 bits per heavy atom. The quantitative estimate of drug-likeness (QED) is 0.177. The van der Waals surface area contributed by atoms with Crippen LogP contribution in [0.1, 0.15) is 94.8 Å². The van der Waals surface area contributed by atoms with Gasteiger partial charge in [0.1, 0.15) is 0 Å². The molecule has 0 saturated carbocycles. The maximum atomic E-state index is 3.98. The monoisotopic (exact) mass is 840 g/mol. The van der Waals surface area contributed by atoms with Gasteiger partial charge in [0.2, 0.25) is 0 Å². The van der Waals surface area contributed by atoms with Crippen LogP contribution in [0.25, 0.3) is 0 Å². The Balaban J connectivity index is 1.51. The van der Waals surface area contributed by atoms with Gasteiger partial charge in [-0.1, -0.05) is 0 Å². The van der Waals surface area contributed by atoms with Gasteiger partial charge in [-0.2, -0.15) is 0 Å². The summed E-state index contributed by atoms with van der Waals surface area (Å²) in [5, 5.41) is 0.